The van der Waals surface area contributed by atoms with Crippen molar-refractivity contribution in [1.29, 1.82) is 0 Å². The van der Waals surface area contributed by atoms with Crippen molar-refractivity contribution in [3.8, 4) is 0 Å². The molecule has 3 nitrogen and oxygen atoms in total. The summed E-state index contributed by atoms with van der Waals surface area (Å²) in [6, 6.07) is 10.7. The van der Waals surface area contributed by atoms with Gasteiger partial charge in [-0.3, -0.25) is 4.98 Å². The summed E-state index contributed by atoms with van der Waals surface area (Å²) in [4.78, 5) is 4.94. The van der Waals surface area contributed by atoms with Gasteiger partial charge in [-0.05, 0) is 54.7 Å². The summed E-state index contributed by atoms with van der Waals surface area (Å²) in [6.45, 7) is 6.53. The van der Waals surface area contributed by atoms with Crippen molar-refractivity contribution < 1.29 is 4.39 Å². The van der Waals surface area contributed by atoms with Gasteiger partial charge < -0.3 is 10.6 Å². The highest BCUT2D eigenvalue weighted by atomic mass is 19.1. The maximum Gasteiger partial charge on any atom is 0.123 e. The van der Waals surface area contributed by atoms with Crippen LogP contribution in [0.3, 0.4) is 0 Å². The van der Waals surface area contributed by atoms with E-state index in [1.807, 2.05) is 7.05 Å². The zero-order chi connectivity index (χ0) is 16.6. The van der Waals surface area contributed by atoms with Crippen molar-refractivity contribution in [2.75, 3.05) is 17.7 Å². The average Bonchev–Trinajstić information content (AvgIpc) is 3.19. The van der Waals surface area contributed by atoms with Crippen LogP contribution in [0, 0.1) is 11.7 Å². The summed E-state index contributed by atoms with van der Waals surface area (Å²) in [6.07, 6.45) is 1.04. The molecule has 0 spiro atoms. The lowest BCUT2D eigenvalue weighted by molar-refractivity contribution is 0.627. The van der Waals surface area contributed by atoms with Crippen LogP contribution in [0.4, 0.5) is 15.8 Å². The fraction of sp³-hybridized carbons (Fsp3) is 0.421. The highest BCUT2D eigenvalue weighted by molar-refractivity contribution is 5.54. The highest BCUT2D eigenvalue weighted by Crippen LogP contribution is 2.53. The fourth-order valence-corrected chi connectivity index (χ4v) is 3.18. The standard InChI is InChI=1S/C19H24FN3/c1-12(2)18-16(21-4)9-10-17(22-18)19(11-13(19)3)23-15-7-5-14(20)6-8-15/h5-10,12-13,21,23H,11H2,1-4H3. The Kier molecular flexibility index (Phi) is 4.00. The summed E-state index contributed by atoms with van der Waals surface area (Å²) in [5, 5.41) is 6.80. The first-order valence-electron chi connectivity index (χ1n) is 8.19. The number of aromatic nitrogens is 1. The monoisotopic (exact) mass is 313 g/mol. The number of nitrogens with one attached hydrogen (secondary N) is 2. The van der Waals surface area contributed by atoms with Crippen LogP contribution in [0.5, 0.6) is 0 Å². The molecule has 4 heteroatoms. The summed E-state index contributed by atoms with van der Waals surface area (Å²) < 4.78 is 13.1. The number of rotatable bonds is 5. The Morgan fingerprint density at radius 3 is 2.35 bits per heavy atom. The molecule has 3 rings (SSSR count). The van der Waals surface area contributed by atoms with Crippen LogP contribution in [-0.2, 0) is 5.54 Å². The summed E-state index contributed by atoms with van der Waals surface area (Å²) in [7, 11) is 1.93. The molecule has 0 saturated heterocycles. The van der Waals surface area contributed by atoms with Gasteiger partial charge in [0.15, 0.2) is 0 Å². The second-order valence-electron chi connectivity index (χ2n) is 6.74. The van der Waals surface area contributed by atoms with Crippen LogP contribution in [0.15, 0.2) is 36.4 Å². The maximum atomic E-state index is 13.1. The van der Waals surface area contributed by atoms with Gasteiger partial charge in [0.05, 0.1) is 22.6 Å². The number of halogens is 1. The molecule has 0 aliphatic heterocycles. The second kappa shape index (κ2) is 5.84. The molecular formula is C19H24FN3. The third kappa shape index (κ3) is 2.90. The molecule has 1 aromatic carbocycles. The zero-order valence-corrected chi connectivity index (χ0v) is 14.2. The topological polar surface area (TPSA) is 37.0 Å². The molecule has 1 fully saturated rings. The normalized spacial score (nSPS) is 23.0. The molecule has 0 bridgehead atoms. The predicted molar refractivity (Wildman–Crippen MR) is 93.4 cm³/mol. The number of hydrogen-bond acceptors (Lipinski definition) is 3. The van der Waals surface area contributed by atoms with Gasteiger partial charge in [0.2, 0.25) is 0 Å². The number of nitrogens with zero attached hydrogens (tertiary/aromatic N) is 1. The first kappa shape index (κ1) is 15.8. The lowest BCUT2D eigenvalue weighted by Gasteiger charge is -2.22. The molecule has 0 amide bonds. The van der Waals surface area contributed by atoms with E-state index in [4.69, 9.17) is 4.98 Å². The molecular weight excluding hydrogens is 289 g/mol. The van der Waals surface area contributed by atoms with Gasteiger partial charge in [-0.25, -0.2) is 4.39 Å². The number of hydrogen-bond donors (Lipinski definition) is 2. The Bertz CT molecular complexity index is 696. The highest BCUT2D eigenvalue weighted by Gasteiger charge is 2.54. The number of benzene rings is 1. The maximum absolute atomic E-state index is 13.1. The Morgan fingerprint density at radius 2 is 1.83 bits per heavy atom. The molecule has 1 saturated carbocycles. The second-order valence-corrected chi connectivity index (χ2v) is 6.74. The van der Waals surface area contributed by atoms with Crippen molar-refractivity contribution in [1.82, 2.24) is 4.98 Å². The molecule has 0 radical (unpaired) electrons. The van der Waals surface area contributed by atoms with Gasteiger partial charge in [-0.2, -0.15) is 0 Å². The number of anilines is 2. The lowest BCUT2D eigenvalue weighted by Crippen LogP contribution is -2.23. The molecule has 2 N–H and O–H groups in total. The average molecular weight is 313 g/mol. The molecule has 2 unspecified atom stereocenters. The SMILES string of the molecule is CNc1ccc(C2(Nc3ccc(F)cc3)CC2C)nc1C(C)C. The Hall–Kier alpha value is -2.10. The van der Waals surface area contributed by atoms with Crippen LogP contribution >= 0.6 is 0 Å². The van der Waals surface area contributed by atoms with Crippen LogP contribution in [0.1, 0.15) is 44.5 Å². The molecule has 23 heavy (non-hydrogen) atoms. The van der Waals surface area contributed by atoms with E-state index >= 15 is 0 Å². The van der Waals surface area contributed by atoms with Gasteiger partial charge in [-0.15, -0.1) is 0 Å². The van der Waals surface area contributed by atoms with Gasteiger partial charge in [0.1, 0.15) is 5.82 Å². The predicted octanol–water partition coefficient (Wildman–Crippen LogP) is 4.73. The van der Waals surface area contributed by atoms with Crippen molar-refractivity contribution in [2.45, 2.75) is 38.6 Å². The van der Waals surface area contributed by atoms with Gasteiger partial charge in [-0.1, -0.05) is 20.8 Å². The Balaban J connectivity index is 1.94. The van der Waals surface area contributed by atoms with E-state index in [-0.39, 0.29) is 11.4 Å². The zero-order valence-electron chi connectivity index (χ0n) is 14.2. The van der Waals surface area contributed by atoms with E-state index in [9.17, 15) is 4.39 Å². The molecule has 1 aromatic heterocycles. The first-order valence-corrected chi connectivity index (χ1v) is 8.19. The summed E-state index contributed by atoms with van der Waals surface area (Å²) in [5.41, 5.74) is 4.02. The third-order valence-corrected chi connectivity index (χ3v) is 4.72. The largest absolute Gasteiger partial charge is 0.387 e. The third-order valence-electron chi connectivity index (χ3n) is 4.72. The summed E-state index contributed by atoms with van der Waals surface area (Å²) >= 11 is 0. The Morgan fingerprint density at radius 1 is 1.17 bits per heavy atom. The van der Waals surface area contributed by atoms with E-state index < -0.39 is 0 Å². The van der Waals surface area contributed by atoms with E-state index in [0.29, 0.717) is 11.8 Å². The van der Waals surface area contributed by atoms with Crippen molar-refractivity contribution >= 4 is 11.4 Å². The quantitative estimate of drug-likeness (QED) is 0.837. The van der Waals surface area contributed by atoms with E-state index in [2.05, 4.69) is 43.5 Å². The van der Waals surface area contributed by atoms with Crippen molar-refractivity contribution in [3.63, 3.8) is 0 Å². The minimum atomic E-state index is -0.216. The summed E-state index contributed by atoms with van der Waals surface area (Å²) in [5.74, 6) is 0.641. The van der Waals surface area contributed by atoms with Gasteiger partial charge in [0, 0.05) is 12.7 Å². The van der Waals surface area contributed by atoms with Crippen molar-refractivity contribution in [2.24, 2.45) is 5.92 Å². The van der Waals surface area contributed by atoms with Crippen LogP contribution in [-0.4, -0.2) is 12.0 Å². The molecule has 2 atom stereocenters. The lowest BCUT2D eigenvalue weighted by atomic mass is 10.0. The molecule has 122 valence electrons. The van der Waals surface area contributed by atoms with Crippen LogP contribution < -0.4 is 10.6 Å². The fourth-order valence-electron chi connectivity index (χ4n) is 3.18. The molecule has 1 aliphatic carbocycles. The van der Waals surface area contributed by atoms with Crippen LogP contribution in [0.2, 0.25) is 0 Å². The van der Waals surface area contributed by atoms with E-state index in [0.717, 1.165) is 29.2 Å². The van der Waals surface area contributed by atoms with Gasteiger partial charge in [0.25, 0.3) is 0 Å². The molecule has 1 heterocycles. The van der Waals surface area contributed by atoms with E-state index in [1.54, 1.807) is 12.1 Å². The number of pyridine rings is 1. The minimum Gasteiger partial charge on any atom is -0.387 e. The minimum absolute atomic E-state index is 0.145. The Labute approximate surface area is 137 Å². The van der Waals surface area contributed by atoms with Crippen molar-refractivity contribution in [3.05, 3.63) is 53.6 Å². The smallest absolute Gasteiger partial charge is 0.123 e. The molecule has 1 aliphatic rings. The van der Waals surface area contributed by atoms with Gasteiger partial charge >= 0.3 is 0 Å². The first-order chi connectivity index (χ1) is 11.0. The van der Waals surface area contributed by atoms with Crippen LogP contribution in [0.25, 0.3) is 0 Å². The van der Waals surface area contributed by atoms with E-state index in [1.165, 1.54) is 12.1 Å². The molecule has 2 aromatic rings.